The molecule has 2 N–H and O–H groups in total. The molecule has 0 aliphatic carbocycles. The van der Waals surface area contributed by atoms with Crippen molar-refractivity contribution in [3.8, 4) is 5.75 Å². The number of hydrogen-bond donors (Lipinski definition) is 2. The largest absolute Gasteiger partial charge is 0.497 e. The van der Waals surface area contributed by atoms with E-state index < -0.39 is 0 Å². The Morgan fingerprint density at radius 3 is 2.92 bits per heavy atom. The summed E-state index contributed by atoms with van der Waals surface area (Å²) in [5, 5.41) is 6.88. The number of halogens is 1. The van der Waals surface area contributed by atoms with Gasteiger partial charge in [0.05, 0.1) is 25.4 Å². The average Bonchev–Trinajstić information content (AvgIpc) is 3.18. The van der Waals surface area contributed by atoms with Gasteiger partial charge >= 0.3 is 0 Å². The van der Waals surface area contributed by atoms with E-state index >= 15 is 0 Å². The summed E-state index contributed by atoms with van der Waals surface area (Å²) in [6.07, 6.45) is 5.21. The summed E-state index contributed by atoms with van der Waals surface area (Å²) < 4.78 is 11.2. The SMILES string of the molecule is CCNC(=NCCc1cccc(OC)c1)NC1CC2CCC1O2.I. The Labute approximate surface area is 161 Å². The highest BCUT2D eigenvalue weighted by Gasteiger charge is 2.41. The molecule has 6 heteroatoms. The van der Waals surface area contributed by atoms with Crippen LogP contribution in [0.4, 0.5) is 0 Å². The van der Waals surface area contributed by atoms with Crippen molar-refractivity contribution >= 4 is 29.9 Å². The Balaban J connectivity index is 0.00000208. The molecule has 3 unspecified atom stereocenters. The second-order valence-electron chi connectivity index (χ2n) is 6.22. The lowest BCUT2D eigenvalue weighted by atomic mass is 9.96. The average molecular weight is 445 g/mol. The van der Waals surface area contributed by atoms with Gasteiger partial charge in [-0.15, -0.1) is 24.0 Å². The quantitative estimate of drug-likeness (QED) is 0.402. The number of ether oxygens (including phenoxy) is 2. The van der Waals surface area contributed by atoms with Crippen molar-refractivity contribution in [2.24, 2.45) is 4.99 Å². The van der Waals surface area contributed by atoms with Crippen LogP contribution in [0.2, 0.25) is 0 Å². The molecular formula is C18H28IN3O2. The number of rotatable bonds is 6. The Bertz CT molecular complexity index is 553. The van der Waals surface area contributed by atoms with Crippen LogP contribution < -0.4 is 15.4 Å². The third-order valence-electron chi connectivity index (χ3n) is 4.58. The molecule has 2 fully saturated rings. The van der Waals surface area contributed by atoms with Crippen LogP contribution in [0.1, 0.15) is 31.7 Å². The van der Waals surface area contributed by atoms with E-state index in [1.165, 1.54) is 18.4 Å². The van der Waals surface area contributed by atoms with Gasteiger partial charge in [0.25, 0.3) is 0 Å². The number of benzene rings is 1. The first-order valence-electron chi connectivity index (χ1n) is 8.61. The smallest absolute Gasteiger partial charge is 0.191 e. The van der Waals surface area contributed by atoms with Gasteiger partial charge in [0.15, 0.2) is 5.96 Å². The standard InChI is InChI=1S/C18H27N3O2.HI/c1-3-19-18(21-16-12-15-7-8-17(16)23-15)20-10-9-13-5-4-6-14(11-13)22-2;/h4-6,11,15-17H,3,7-10,12H2,1-2H3,(H2,19,20,21);1H. The number of fused-ring (bicyclic) bond motifs is 2. The Kier molecular flexibility index (Phi) is 7.61. The first-order valence-corrected chi connectivity index (χ1v) is 8.61. The molecule has 0 spiro atoms. The molecule has 24 heavy (non-hydrogen) atoms. The number of nitrogens with zero attached hydrogens (tertiary/aromatic N) is 1. The first-order chi connectivity index (χ1) is 11.3. The van der Waals surface area contributed by atoms with Gasteiger partial charge in [0, 0.05) is 13.1 Å². The van der Waals surface area contributed by atoms with Crippen LogP contribution in [0.5, 0.6) is 5.75 Å². The van der Waals surface area contributed by atoms with Crippen molar-refractivity contribution in [1.82, 2.24) is 10.6 Å². The highest BCUT2D eigenvalue weighted by Crippen LogP contribution is 2.34. The Morgan fingerprint density at radius 2 is 2.25 bits per heavy atom. The van der Waals surface area contributed by atoms with Crippen LogP contribution in [-0.2, 0) is 11.2 Å². The zero-order valence-corrected chi connectivity index (χ0v) is 16.8. The molecule has 2 aliphatic rings. The van der Waals surface area contributed by atoms with E-state index in [4.69, 9.17) is 14.5 Å². The van der Waals surface area contributed by atoms with Gasteiger partial charge in [-0.05, 0) is 50.3 Å². The summed E-state index contributed by atoms with van der Waals surface area (Å²) >= 11 is 0. The molecule has 0 saturated carbocycles. The van der Waals surface area contributed by atoms with Crippen LogP contribution in [0.3, 0.4) is 0 Å². The molecule has 2 saturated heterocycles. The topological polar surface area (TPSA) is 54.9 Å². The second-order valence-corrected chi connectivity index (χ2v) is 6.22. The van der Waals surface area contributed by atoms with Crippen molar-refractivity contribution in [1.29, 1.82) is 0 Å². The van der Waals surface area contributed by atoms with E-state index in [1.807, 2.05) is 12.1 Å². The second kappa shape index (κ2) is 9.46. The molecule has 1 aromatic rings. The van der Waals surface area contributed by atoms with E-state index in [2.05, 4.69) is 29.7 Å². The lowest BCUT2D eigenvalue weighted by molar-refractivity contribution is 0.0992. The minimum Gasteiger partial charge on any atom is -0.497 e. The fourth-order valence-electron chi connectivity index (χ4n) is 3.41. The molecule has 0 radical (unpaired) electrons. The molecular weight excluding hydrogens is 417 g/mol. The Morgan fingerprint density at radius 1 is 1.38 bits per heavy atom. The maximum Gasteiger partial charge on any atom is 0.191 e. The Hall–Kier alpha value is -1.02. The van der Waals surface area contributed by atoms with Gasteiger partial charge in [0.1, 0.15) is 5.75 Å². The maximum absolute atomic E-state index is 5.90. The fraction of sp³-hybridized carbons (Fsp3) is 0.611. The molecule has 2 bridgehead atoms. The molecule has 0 amide bonds. The van der Waals surface area contributed by atoms with Crippen LogP contribution in [0, 0.1) is 0 Å². The minimum atomic E-state index is 0. The van der Waals surface area contributed by atoms with E-state index in [-0.39, 0.29) is 24.0 Å². The summed E-state index contributed by atoms with van der Waals surface area (Å²) in [7, 11) is 1.70. The van der Waals surface area contributed by atoms with E-state index in [0.717, 1.165) is 37.6 Å². The minimum absolute atomic E-state index is 0. The van der Waals surface area contributed by atoms with E-state index in [0.29, 0.717) is 18.2 Å². The summed E-state index contributed by atoms with van der Waals surface area (Å²) in [6, 6.07) is 8.58. The lowest BCUT2D eigenvalue weighted by Crippen LogP contribution is -2.47. The van der Waals surface area contributed by atoms with E-state index in [1.54, 1.807) is 7.11 Å². The highest BCUT2D eigenvalue weighted by atomic mass is 127. The first kappa shape index (κ1) is 19.3. The van der Waals surface area contributed by atoms with Crippen molar-refractivity contribution in [2.45, 2.75) is 50.9 Å². The molecule has 2 heterocycles. The molecule has 134 valence electrons. The van der Waals surface area contributed by atoms with Gasteiger partial charge in [-0.1, -0.05) is 12.1 Å². The predicted molar refractivity (Wildman–Crippen MR) is 108 cm³/mol. The molecule has 3 rings (SSSR count). The van der Waals surface area contributed by atoms with Crippen LogP contribution in [0.15, 0.2) is 29.3 Å². The monoisotopic (exact) mass is 445 g/mol. The highest BCUT2D eigenvalue weighted by molar-refractivity contribution is 14.0. The van der Waals surface area contributed by atoms with E-state index in [9.17, 15) is 0 Å². The third-order valence-corrected chi connectivity index (χ3v) is 4.58. The summed E-state index contributed by atoms with van der Waals surface area (Å²) in [6.45, 7) is 3.72. The van der Waals surface area contributed by atoms with Gasteiger partial charge in [-0.25, -0.2) is 0 Å². The van der Waals surface area contributed by atoms with Gasteiger partial charge < -0.3 is 20.1 Å². The van der Waals surface area contributed by atoms with Crippen molar-refractivity contribution in [2.75, 3.05) is 20.2 Å². The number of guanidine groups is 1. The van der Waals surface area contributed by atoms with Gasteiger partial charge in [-0.2, -0.15) is 0 Å². The molecule has 0 aromatic heterocycles. The summed E-state index contributed by atoms with van der Waals surface area (Å²) in [4.78, 5) is 4.71. The molecule has 5 nitrogen and oxygen atoms in total. The number of methoxy groups -OCH3 is 1. The number of nitrogens with one attached hydrogen (secondary N) is 2. The molecule has 3 atom stereocenters. The van der Waals surface area contributed by atoms with Gasteiger partial charge in [-0.3, -0.25) is 4.99 Å². The third kappa shape index (κ3) is 4.99. The van der Waals surface area contributed by atoms with Crippen molar-refractivity contribution < 1.29 is 9.47 Å². The molecule has 2 aliphatic heterocycles. The summed E-state index contributed by atoms with van der Waals surface area (Å²) in [5.74, 6) is 1.80. The zero-order valence-electron chi connectivity index (χ0n) is 14.5. The van der Waals surface area contributed by atoms with Gasteiger partial charge in [0.2, 0.25) is 0 Å². The van der Waals surface area contributed by atoms with Crippen LogP contribution in [0.25, 0.3) is 0 Å². The van der Waals surface area contributed by atoms with Crippen LogP contribution in [-0.4, -0.2) is 44.4 Å². The maximum atomic E-state index is 5.90. The lowest BCUT2D eigenvalue weighted by Gasteiger charge is -2.22. The fourth-order valence-corrected chi connectivity index (χ4v) is 3.41. The molecule has 1 aromatic carbocycles. The zero-order chi connectivity index (χ0) is 16.1. The summed E-state index contributed by atoms with van der Waals surface area (Å²) in [5.41, 5.74) is 1.24. The predicted octanol–water partition coefficient (Wildman–Crippen LogP) is 2.73. The van der Waals surface area contributed by atoms with Crippen molar-refractivity contribution in [3.05, 3.63) is 29.8 Å². The van der Waals surface area contributed by atoms with Crippen LogP contribution >= 0.6 is 24.0 Å². The number of hydrogen-bond acceptors (Lipinski definition) is 3. The normalized spacial score (nSPS) is 25.2. The number of aliphatic imine (C=N–C) groups is 1. The van der Waals surface area contributed by atoms with Crippen molar-refractivity contribution in [3.63, 3.8) is 0 Å².